The first-order chi connectivity index (χ1) is 7.03. The molecule has 86 valence electrons. The molecule has 0 amide bonds. The van der Waals surface area contributed by atoms with Gasteiger partial charge >= 0.3 is 0 Å². The topological polar surface area (TPSA) is 27.0 Å². The summed E-state index contributed by atoms with van der Waals surface area (Å²) < 4.78 is 0. The van der Waals surface area contributed by atoms with Crippen LogP contribution in [-0.2, 0) is 0 Å². The minimum absolute atomic E-state index is 0.127. The van der Waals surface area contributed by atoms with Crippen LogP contribution in [0.25, 0.3) is 0 Å². The van der Waals surface area contributed by atoms with Crippen molar-refractivity contribution in [1.29, 1.82) is 5.26 Å². The van der Waals surface area contributed by atoms with Gasteiger partial charge in [-0.3, -0.25) is 0 Å². The van der Waals surface area contributed by atoms with Crippen molar-refractivity contribution in [1.82, 2.24) is 4.90 Å². The summed E-state index contributed by atoms with van der Waals surface area (Å²) >= 11 is 0. The highest BCUT2D eigenvalue weighted by Gasteiger charge is 2.19. The smallest absolute Gasteiger partial charge is 0.0683 e. The predicted molar refractivity (Wildman–Crippen MR) is 63.5 cm³/mol. The van der Waals surface area contributed by atoms with Gasteiger partial charge in [-0.05, 0) is 52.1 Å². The monoisotopic (exact) mass is 208 g/mol. The molecule has 1 fully saturated rings. The summed E-state index contributed by atoms with van der Waals surface area (Å²) in [7, 11) is 0. The molecule has 2 nitrogen and oxygen atoms in total. The first-order valence-corrected chi connectivity index (χ1v) is 6.17. The van der Waals surface area contributed by atoms with Crippen LogP contribution in [0.3, 0.4) is 0 Å². The molecule has 0 saturated carbocycles. The van der Waals surface area contributed by atoms with E-state index in [1.807, 2.05) is 13.8 Å². The van der Waals surface area contributed by atoms with Crippen LogP contribution in [0.2, 0.25) is 0 Å². The van der Waals surface area contributed by atoms with Crippen molar-refractivity contribution in [3.8, 4) is 6.07 Å². The molecular formula is C13H24N2. The van der Waals surface area contributed by atoms with Crippen molar-refractivity contribution in [2.45, 2.75) is 46.5 Å². The van der Waals surface area contributed by atoms with E-state index in [1.165, 1.54) is 38.9 Å². The van der Waals surface area contributed by atoms with E-state index in [1.54, 1.807) is 0 Å². The van der Waals surface area contributed by atoms with Gasteiger partial charge in [-0.25, -0.2) is 0 Å². The van der Waals surface area contributed by atoms with E-state index in [4.69, 9.17) is 5.26 Å². The van der Waals surface area contributed by atoms with E-state index >= 15 is 0 Å². The minimum atomic E-state index is -0.127. The Kier molecular flexibility index (Phi) is 4.60. The van der Waals surface area contributed by atoms with Gasteiger partial charge < -0.3 is 4.90 Å². The number of likely N-dealkylation sites (tertiary alicyclic amines) is 1. The molecule has 1 saturated heterocycles. The average Bonchev–Trinajstić information content (AvgIpc) is 2.59. The molecular weight excluding hydrogens is 184 g/mol. The molecule has 0 aromatic heterocycles. The molecule has 1 aliphatic rings. The fraction of sp³-hybridized carbons (Fsp3) is 0.923. The third-order valence-corrected chi connectivity index (χ3v) is 3.34. The molecule has 15 heavy (non-hydrogen) atoms. The Labute approximate surface area is 94.3 Å². The molecule has 2 heteroatoms. The summed E-state index contributed by atoms with van der Waals surface area (Å²) in [5, 5.41) is 8.88. The second kappa shape index (κ2) is 5.51. The van der Waals surface area contributed by atoms with Crippen LogP contribution >= 0.6 is 0 Å². The fourth-order valence-electron chi connectivity index (χ4n) is 2.19. The van der Waals surface area contributed by atoms with Gasteiger partial charge in [-0.2, -0.15) is 5.26 Å². The average molecular weight is 208 g/mol. The highest BCUT2D eigenvalue weighted by atomic mass is 15.1. The molecule has 0 radical (unpaired) electrons. The molecule has 0 aliphatic carbocycles. The number of nitrogens with zero attached hydrogens (tertiary/aromatic N) is 2. The van der Waals surface area contributed by atoms with Gasteiger partial charge in [0.1, 0.15) is 0 Å². The van der Waals surface area contributed by atoms with Crippen LogP contribution < -0.4 is 0 Å². The quantitative estimate of drug-likeness (QED) is 0.649. The molecule has 1 rings (SSSR count). The molecule has 0 aromatic carbocycles. The summed E-state index contributed by atoms with van der Waals surface area (Å²) in [6, 6.07) is 2.36. The number of nitriles is 1. The lowest BCUT2D eigenvalue weighted by molar-refractivity contribution is 0.308. The Morgan fingerprint density at radius 1 is 1.40 bits per heavy atom. The van der Waals surface area contributed by atoms with Crippen molar-refractivity contribution in [2.24, 2.45) is 11.3 Å². The molecule has 0 N–H and O–H groups in total. The summed E-state index contributed by atoms with van der Waals surface area (Å²) in [6.07, 6.45) is 4.83. The van der Waals surface area contributed by atoms with E-state index in [-0.39, 0.29) is 5.41 Å². The van der Waals surface area contributed by atoms with Gasteiger partial charge in [-0.15, -0.1) is 0 Å². The minimum Gasteiger partial charge on any atom is -0.303 e. The zero-order valence-corrected chi connectivity index (χ0v) is 10.4. The molecule has 1 atom stereocenters. The van der Waals surface area contributed by atoms with E-state index in [2.05, 4.69) is 17.9 Å². The SMILES string of the molecule is CC1CCN(CCCCC(C)(C)C#N)C1. The van der Waals surface area contributed by atoms with Crippen LogP contribution in [-0.4, -0.2) is 24.5 Å². The van der Waals surface area contributed by atoms with E-state index in [0.717, 1.165) is 12.3 Å². The summed E-state index contributed by atoms with van der Waals surface area (Å²) in [5.74, 6) is 0.889. The molecule has 0 aromatic rings. The molecule has 0 bridgehead atoms. The Morgan fingerprint density at radius 2 is 2.13 bits per heavy atom. The lowest BCUT2D eigenvalue weighted by Gasteiger charge is -2.17. The van der Waals surface area contributed by atoms with E-state index < -0.39 is 0 Å². The van der Waals surface area contributed by atoms with E-state index in [0.29, 0.717) is 0 Å². The van der Waals surface area contributed by atoms with Gasteiger partial charge in [0.05, 0.1) is 11.5 Å². The van der Waals surface area contributed by atoms with Gasteiger partial charge in [0.15, 0.2) is 0 Å². The van der Waals surface area contributed by atoms with Gasteiger partial charge in [0.25, 0.3) is 0 Å². The third kappa shape index (κ3) is 4.66. The zero-order chi connectivity index (χ0) is 11.3. The highest BCUT2D eigenvalue weighted by Crippen LogP contribution is 2.22. The van der Waals surface area contributed by atoms with Crippen LogP contribution in [0, 0.1) is 22.7 Å². The Bertz CT molecular complexity index is 227. The molecule has 1 heterocycles. The summed E-state index contributed by atoms with van der Waals surface area (Å²) in [4.78, 5) is 2.56. The maximum atomic E-state index is 8.88. The zero-order valence-electron chi connectivity index (χ0n) is 10.4. The van der Waals surface area contributed by atoms with Gasteiger partial charge in [0, 0.05) is 6.54 Å². The normalized spacial score (nSPS) is 22.9. The van der Waals surface area contributed by atoms with Crippen LogP contribution in [0.4, 0.5) is 0 Å². The van der Waals surface area contributed by atoms with E-state index in [9.17, 15) is 0 Å². The van der Waals surface area contributed by atoms with Crippen LogP contribution in [0.1, 0.15) is 46.5 Å². The van der Waals surface area contributed by atoms with Crippen molar-refractivity contribution in [2.75, 3.05) is 19.6 Å². The third-order valence-electron chi connectivity index (χ3n) is 3.34. The Morgan fingerprint density at radius 3 is 2.67 bits per heavy atom. The van der Waals surface area contributed by atoms with Crippen molar-refractivity contribution in [3.05, 3.63) is 0 Å². The highest BCUT2D eigenvalue weighted by molar-refractivity contribution is 4.91. The number of hydrogen-bond donors (Lipinski definition) is 0. The van der Waals surface area contributed by atoms with Gasteiger partial charge in [0.2, 0.25) is 0 Å². The van der Waals surface area contributed by atoms with Crippen molar-refractivity contribution < 1.29 is 0 Å². The molecule has 1 aliphatic heterocycles. The van der Waals surface area contributed by atoms with Crippen molar-refractivity contribution in [3.63, 3.8) is 0 Å². The fourth-order valence-corrected chi connectivity index (χ4v) is 2.19. The second-order valence-electron chi connectivity index (χ2n) is 5.65. The first-order valence-electron chi connectivity index (χ1n) is 6.17. The predicted octanol–water partition coefficient (Wildman–Crippen LogP) is 3.05. The van der Waals surface area contributed by atoms with Crippen molar-refractivity contribution >= 4 is 0 Å². The number of unbranched alkanes of at least 4 members (excludes halogenated alkanes) is 1. The van der Waals surface area contributed by atoms with Crippen LogP contribution in [0.15, 0.2) is 0 Å². The van der Waals surface area contributed by atoms with Gasteiger partial charge in [-0.1, -0.05) is 13.3 Å². The molecule has 1 unspecified atom stereocenters. The number of rotatable bonds is 5. The Balaban J connectivity index is 2.05. The summed E-state index contributed by atoms with van der Waals surface area (Å²) in [5.41, 5.74) is -0.127. The lowest BCUT2D eigenvalue weighted by atomic mass is 9.89. The Hall–Kier alpha value is -0.550. The standard InChI is InChI=1S/C13H24N2/c1-12-6-9-15(10-12)8-5-4-7-13(2,3)11-14/h12H,4-10H2,1-3H3. The maximum absolute atomic E-state index is 8.88. The summed E-state index contributed by atoms with van der Waals surface area (Å²) in [6.45, 7) is 10.2. The second-order valence-corrected chi connectivity index (χ2v) is 5.65. The molecule has 0 spiro atoms. The largest absolute Gasteiger partial charge is 0.303 e. The first kappa shape index (κ1) is 12.5. The van der Waals surface area contributed by atoms with Crippen LogP contribution in [0.5, 0.6) is 0 Å². The number of hydrogen-bond acceptors (Lipinski definition) is 2. The maximum Gasteiger partial charge on any atom is 0.0683 e. The lowest BCUT2D eigenvalue weighted by Crippen LogP contribution is -2.21.